The fraction of sp³-hybridized carbons (Fsp3) is 0.875. The van der Waals surface area contributed by atoms with Gasteiger partial charge in [-0.3, -0.25) is 4.79 Å². The molecule has 122 valence electrons. The van der Waals surface area contributed by atoms with Gasteiger partial charge in [0.15, 0.2) is 0 Å². The highest BCUT2D eigenvalue weighted by Crippen LogP contribution is 2.24. The molecule has 1 rings (SSSR count). The maximum Gasteiger partial charge on any atom is 0.317 e. The number of aliphatic carboxylic acids is 1. The Morgan fingerprint density at radius 1 is 1.24 bits per heavy atom. The van der Waals surface area contributed by atoms with Gasteiger partial charge in [0.05, 0.1) is 5.92 Å². The molecule has 0 spiro atoms. The van der Waals surface area contributed by atoms with E-state index in [0.717, 1.165) is 31.8 Å². The van der Waals surface area contributed by atoms with Gasteiger partial charge in [-0.1, -0.05) is 20.8 Å². The molecule has 2 amide bonds. The number of nitrogens with one attached hydrogen (secondary N) is 1. The highest BCUT2D eigenvalue weighted by molar-refractivity contribution is 5.74. The number of carboxylic acid groups (broad SMARTS) is 1. The third-order valence-corrected chi connectivity index (χ3v) is 4.51. The molecule has 2 N–H and O–H groups in total. The molecule has 0 aromatic carbocycles. The van der Waals surface area contributed by atoms with Crippen LogP contribution in [0.3, 0.4) is 0 Å². The van der Waals surface area contributed by atoms with E-state index in [4.69, 9.17) is 5.11 Å². The van der Waals surface area contributed by atoms with Crippen molar-refractivity contribution in [2.75, 3.05) is 19.6 Å². The van der Waals surface area contributed by atoms with Crippen molar-refractivity contribution in [3.8, 4) is 0 Å². The highest BCUT2D eigenvalue weighted by Gasteiger charge is 2.22. The highest BCUT2D eigenvalue weighted by atomic mass is 16.4. The number of urea groups is 1. The summed E-state index contributed by atoms with van der Waals surface area (Å²) in [6.07, 6.45) is 4.68. The predicted octanol–water partition coefficient (Wildman–Crippen LogP) is 2.96. The summed E-state index contributed by atoms with van der Waals surface area (Å²) in [4.78, 5) is 24.7. The number of nitrogens with zero attached hydrogens (tertiary/aromatic N) is 1. The van der Waals surface area contributed by atoms with Gasteiger partial charge in [0, 0.05) is 19.6 Å². The molecule has 1 heterocycles. The van der Waals surface area contributed by atoms with E-state index in [2.05, 4.69) is 19.2 Å². The first-order valence-electron chi connectivity index (χ1n) is 8.17. The summed E-state index contributed by atoms with van der Waals surface area (Å²) < 4.78 is 0. The van der Waals surface area contributed by atoms with Crippen molar-refractivity contribution in [3.63, 3.8) is 0 Å². The summed E-state index contributed by atoms with van der Waals surface area (Å²) >= 11 is 0. The van der Waals surface area contributed by atoms with Gasteiger partial charge < -0.3 is 15.3 Å². The minimum absolute atomic E-state index is 0.00221. The number of likely N-dealkylation sites (tertiary alicyclic amines) is 1. The number of rotatable bonds is 6. The monoisotopic (exact) mass is 298 g/mol. The summed E-state index contributed by atoms with van der Waals surface area (Å²) in [5.41, 5.74) is 0. The Hall–Kier alpha value is -1.26. The Kier molecular flexibility index (Phi) is 7.54. The Morgan fingerprint density at radius 3 is 2.57 bits per heavy atom. The second-order valence-electron chi connectivity index (χ2n) is 6.54. The molecule has 0 aliphatic carbocycles. The van der Waals surface area contributed by atoms with Crippen LogP contribution in [0.1, 0.15) is 52.9 Å². The minimum Gasteiger partial charge on any atom is -0.481 e. The van der Waals surface area contributed by atoms with Gasteiger partial charge in [-0.15, -0.1) is 0 Å². The van der Waals surface area contributed by atoms with Crippen molar-refractivity contribution in [1.29, 1.82) is 0 Å². The first kappa shape index (κ1) is 17.8. The van der Waals surface area contributed by atoms with Gasteiger partial charge >= 0.3 is 12.0 Å². The molecule has 1 aliphatic rings. The largest absolute Gasteiger partial charge is 0.481 e. The smallest absolute Gasteiger partial charge is 0.317 e. The maximum atomic E-state index is 12.1. The third-order valence-electron chi connectivity index (χ3n) is 4.51. The fourth-order valence-electron chi connectivity index (χ4n) is 2.83. The first-order valence-corrected chi connectivity index (χ1v) is 8.17. The molecular weight excluding hydrogens is 268 g/mol. The van der Waals surface area contributed by atoms with E-state index in [0.29, 0.717) is 25.3 Å². The number of carbonyl (C=O) groups excluding carboxylic acids is 1. The van der Waals surface area contributed by atoms with Crippen LogP contribution in [0.4, 0.5) is 4.79 Å². The van der Waals surface area contributed by atoms with Crippen LogP contribution in [-0.4, -0.2) is 41.6 Å². The van der Waals surface area contributed by atoms with Gasteiger partial charge in [-0.05, 0) is 43.9 Å². The number of carbonyl (C=O) groups is 2. The second-order valence-corrected chi connectivity index (χ2v) is 6.54. The van der Waals surface area contributed by atoms with Crippen LogP contribution in [0, 0.1) is 17.8 Å². The standard InChI is InChI=1S/C16H30N2O3/c1-12(2)14-7-5-10-18(11-8-14)16(21)17-9-4-6-13(3)15(19)20/h12-14H,4-11H2,1-3H3,(H,17,21)(H,19,20). The summed E-state index contributed by atoms with van der Waals surface area (Å²) in [6.45, 7) is 8.43. The van der Waals surface area contributed by atoms with Crippen molar-refractivity contribution in [2.45, 2.75) is 52.9 Å². The van der Waals surface area contributed by atoms with E-state index < -0.39 is 5.97 Å². The van der Waals surface area contributed by atoms with Crippen LogP contribution < -0.4 is 5.32 Å². The molecule has 1 aliphatic heterocycles. The van der Waals surface area contributed by atoms with Crippen LogP contribution in [0.2, 0.25) is 0 Å². The summed E-state index contributed by atoms with van der Waals surface area (Å²) in [6, 6.07) is 0.00221. The van der Waals surface area contributed by atoms with Gasteiger partial charge in [-0.2, -0.15) is 0 Å². The van der Waals surface area contributed by atoms with Crippen molar-refractivity contribution in [1.82, 2.24) is 10.2 Å². The number of hydrogen-bond acceptors (Lipinski definition) is 2. The molecule has 2 atom stereocenters. The molecule has 1 fully saturated rings. The number of carboxylic acids is 1. The normalized spacial score (nSPS) is 21.0. The Balaban J connectivity index is 2.24. The molecule has 21 heavy (non-hydrogen) atoms. The van der Waals surface area contributed by atoms with E-state index in [1.807, 2.05) is 4.90 Å². The average molecular weight is 298 g/mol. The zero-order valence-electron chi connectivity index (χ0n) is 13.6. The zero-order valence-corrected chi connectivity index (χ0v) is 13.6. The summed E-state index contributed by atoms with van der Waals surface area (Å²) in [5.74, 6) is 0.296. The lowest BCUT2D eigenvalue weighted by Crippen LogP contribution is -2.41. The fourth-order valence-corrected chi connectivity index (χ4v) is 2.83. The lowest BCUT2D eigenvalue weighted by molar-refractivity contribution is -0.141. The molecular formula is C16H30N2O3. The molecule has 0 saturated carbocycles. The number of amides is 2. The van der Waals surface area contributed by atoms with E-state index >= 15 is 0 Å². The van der Waals surface area contributed by atoms with E-state index in [1.165, 1.54) is 6.42 Å². The molecule has 0 aromatic heterocycles. The van der Waals surface area contributed by atoms with E-state index in [9.17, 15) is 9.59 Å². The lowest BCUT2D eigenvalue weighted by atomic mass is 9.89. The molecule has 1 saturated heterocycles. The summed E-state index contributed by atoms with van der Waals surface area (Å²) in [7, 11) is 0. The topological polar surface area (TPSA) is 69.6 Å². The molecule has 0 bridgehead atoms. The predicted molar refractivity (Wildman–Crippen MR) is 83.2 cm³/mol. The van der Waals surface area contributed by atoms with E-state index in [1.54, 1.807) is 6.92 Å². The molecule has 5 heteroatoms. The Bertz CT molecular complexity index is 344. The molecule has 0 radical (unpaired) electrons. The van der Waals surface area contributed by atoms with Gasteiger partial charge in [-0.25, -0.2) is 4.79 Å². The zero-order chi connectivity index (χ0) is 15.8. The molecule has 5 nitrogen and oxygen atoms in total. The second kappa shape index (κ2) is 8.90. The van der Waals surface area contributed by atoms with Crippen LogP contribution >= 0.6 is 0 Å². The lowest BCUT2D eigenvalue weighted by Gasteiger charge is -2.22. The minimum atomic E-state index is -0.770. The quantitative estimate of drug-likeness (QED) is 0.741. The van der Waals surface area contributed by atoms with Crippen LogP contribution in [0.25, 0.3) is 0 Å². The third kappa shape index (κ3) is 6.36. The van der Waals surface area contributed by atoms with Crippen molar-refractivity contribution in [3.05, 3.63) is 0 Å². The Labute approximate surface area is 128 Å². The van der Waals surface area contributed by atoms with Gasteiger partial charge in [0.25, 0.3) is 0 Å². The first-order chi connectivity index (χ1) is 9.91. The van der Waals surface area contributed by atoms with Crippen LogP contribution in [0.5, 0.6) is 0 Å². The van der Waals surface area contributed by atoms with Crippen molar-refractivity contribution < 1.29 is 14.7 Å². The van der Waals surface area contributed by atoms with Crippen LogP contribution in [0.15, 0.2) is 0 Å². The van der Waals surface area contributed by atoms with Crippen LogP contribution in [-0.2, 0) is 4.79 Å². The van der Waals surface area contributed by atoms with Gasteiger partial charge in [0.1, 0.15) is 0 Å². The molecule has 0 aromatic rings. The van der Waals surface area contributed by atoms with Crippen molar-refractivity contribution in [2.24, 2.45) is 17.8 Å². The Morgan fingerprint density at radius 2 is 1.95 bits per heavy atom. The molecule has 2 unspecified atom stereocenters. The number of hydrogen-bond donors (Lipinski definition) is 2. The SMILES string of the molecule is CC(CCCNC(=O)N1CCCC(C(C)C)CC1)C(=O)O. The van der Waals surface area contributed by atoms with Gasteiger partial charge in [0.2, 0.25) is 0 Å². The maximum absolute atomic E-state index is 12.1. The van der Waals surface area contributed by atoms with Crippen molar-refractivity contribution >= 4 is 12.0 Å². The summed E-state index contributed by atoms with van der Waals surface area (Å²) in [5, 5.41) is 11.7. The average Bonchev–Trinajstić information content (AvgIpc) is 2.68. The van der Waals surface area contributed by atoms with E-state index in [-0.39, 0.29) is 11.9 Å².